The van der Waals surface area contributed by atoms with Gasteiger partial charge in [0.05, 0.1) is 24.0 Å². The normalized spacial score (nSPS) is 21.1. The van der Waals surface area contributed by atoms with Crippen LogP contribution < -0.4 is 16.0 Å². The van der Waals surface area contributed by atoms with Crippen molar-refractivity contribution in [2.75, 3.05) is 30.4 Å². The van der Waals surface area contributed by atoms with E-state index in [0.717, 1.165) is 44.3 Å². The van der Waals surface area contributed by atoms with Gasteiger partial charge in [0.1, 0.15) is 5.82 Å². The minimum Gasteiger partial charge on any atom is -0.364 e. The third-order valence-corrected chi connectivity index (χ3v) is 7.91. The lowest BCUT2D eigenvalue weighted by atomic mass is 9.87. The van der Waals surface area contributed by atoms with E-state index in [4.69, 9.17) is 10.7 Å². The highest BCUT2D eigenvalue weighted by Gasteiger charge is 2.41. The Hall–Kier alpha value is -4.14. The van der Waals surface area contributed by atoms with Gasteiger partial charge in [0.2, 0.25) is 0 Å². The number of allylic oxidation sites excluding steroid dienone is 1. The second kappa shape index (κ2) is 11.3. The van der Waals surface area contributed by atoms with Gasteiger partial charge in [0.25, 0.3) is 11.8 Å². The maximum atomic E-state index is 13.6. The molecule has 0 bridgehead atoms. The fourth-order valence-corrected chi connectivity index (χ4v) is 5.73. The zero-order chi connectivity index (χ0) is 27.5. The molecule has 0 radical (unpaired) electrons. The molecule has 5 rings (SSSR count). The number of hydrogen-bond donors (Lipinski definition) is 2. The zero-order valence-corrected chi connectivity index (χ0v) is 22.6. The van der Waals surface area contributed by atoms with Gasteiger partial charge in [-0.25, -0.2) is 9.97 Å². The number of carbonyl (C=O) groups is 2. The van der Waals surface area contributed by atoms with Crippen molar-refractivity contribution in [1.82, 2.24) is 19.8 Å². The topological polar surface area (TPSA) is 108 Å². The van der Waals surface area contributed by atoms with E-state index in [1.807, 2.05) is 19.2 Å². The number of aromatic nitrogens is 2. The number of benzene rings is 1. The molecule has 3 N–H and O–H groups in total. The van der Waals surface area contributed by atoms with Crippen LogP contribution >= 0.6 is 0 Å². The number of primary amides is 1. The number of rotatable bonds is 9. The van der Waals surface area contributed by atoms with E-state index >= 15 is 0 Å². The highest BCUT2D eigenvalue weighted by Crippen LogP contribution is 2.40. The van der Waals surface area contributed by atoms with Crippen LogP contribution in [-0.4, -0.2) is 63.8 Å². The molecule has 39 heavy (non-hydrogen) atoms. The smallest absolute Gasteiger partial charge is 0.271 e. The highest BCUT2D eigenvalue weighted by atomic mass is 16.2. The van der Waals surface area contributed by atoms with Gasteiger partial charge in [-0.05, 0) is 74.4 Å². The molecule has 1 saturated carbocycles. The van der Waals surface area contributed by atoms with Crippen LogP contribution in [0.15, 0.2) is 67.8 Å². The summed E-state index contributed by atoms with van der Waals surface area (Å²) in [4.78, 5) is 41.0. The maximum Gasteiger partial charge on any atom is 0.271 e. The number of fused-ring (bicyclic) bond motifs is 1. The first-order valence-electron chi connectivity index (χ1n) is 13.7. The van der Waals surface area contributed by atoms with Crippen molar-refractivity contribution in [2.45, 2.75) is 56.5 Å². The summed E-state index contributed by atoms with van der Waals surface area (Å²) in [5.41, 5.74) is 8.37. The van der Waals surface area contributed by atoms with Crippen LogP contribution in [0.5, 0.6) is 0 Å². The van der Waals surface area contributed by atoms with Gasteiger partial charge in [0, 0.05) is 31.9 Å². The lowest BCUT2D eigenvalue weighted by Gasteiger charge is -2.49. The summed E-state index contributed by atoms with van der Waals surface area (Å²) in [5, 5.41) is 3.15. The number of likely N-dealkylation sites (tertiary alicyclic amines) is 1. The van der Waals surface area contributed by atoms with E-state index in [9.17, 15) is 9.59 Å². The van der Waals surface area contributed by atoms with Crippen LogP contribution in [0.4, 0.5) is 11.6 Å². The third kappa shape index (κ3) is 5.67. The maximum absolute atomic E-state index is 13.6. The first kappa shape index (κ1) is 26.5. The van der Waals surface area contributed by atoms with Crippen LogP contribution in [0.2, 0.25) is 0 Å². The van der Waals surface area contributed by atoms with Crippen LogP contribution in [0.25, 0.3) is 0 Å². The van der Waals surface area contributed by atoms with Crippen molar-refractivity contribution in [2.24, 2.45) is 5.73 Å². The van der Waals surface area contributed by atoms with Gasteiger partial charge in [0.15, 0.2) is 11.5 Å². The molecule has 2 aromatic rings. The van der Waals surface area contributed by atoms with Gasteiger partial charge in [-0.15, -0.1) is 0 Å². The summed E-state index contributed by atoms with van der Waals surface area (Å²) in [6.07, 6.45) is 12.9. The quantitative estimate of drug-likeness (QED) is 0.470. The number of piperidine rings is 2. The van der Waals surface area contributed by atoms with Crippen molar-refractivity contribution in [3.8, 4) is 0 Å². The molecule has 3 heterocycles. The molecule has 204 valence electrons. The summed E-state index contributed by atoms with van der Waals surface area (Å²) >= 11 is 0. The van der Waals surface area contributed by atoms with Crippen molar-refractivity contribution in [3.05, 3.63) is 84.6 Å². The Morgan fingerprint density at radius 1 is 1.08 bits per heavy atom. The van der Waals surface area contributed by atoms with Crippen LogP contribution in [-0.2, 0) is 0 Å². The first-order chi connectivity index (χ1) is 18.9. The highest BCUT2D eigenvalue weighted by molar-refractivity contribution is 5.96. The molecule has 9 heteroatoms. The molecule has 9 nitrogen and oxygen atoms in total. The minimum atomic E-state index is -0.671. The zero-order valence-electron chi connectivity index (χ0n) is 22.6. The van der Waals surface area contributed by atoms with E-state index in [2.05, 4.69) is 45.4 Å². The van der Waals surface area contributed by atoms with Gasteiger partial charge >= 0.3 is 0 Å². The van der Waals surface area contributed by atoms with Crippen molar-refractivity contribution in [3.63, 3.8) is 0 Å². The second-order valence-corrected chi connectivity index (χ2v) is 10.6. The Morgan fingerprint density at radius 3 is 2.46 bits per heavy atom. The van der Waals surface area contributed by atoms with Crippen LogP contribution in [0.1, 0.15) is 70.9 Å². The summed E-state index contributed by atoms with van der Waals surface area (Å²) in [6.45, 7) is 9.15. The van der Waals surface area contributed by atoms with Gasteiger partial charge in [-0.1, -0.05) is 25.3 Å². The van der Waals surface area contributed by atoms with Gasteiger partial charge < -0.3 is 25.8 Å². The molecule has 3 aliphatic rings. The molecule has 2 atom stereocenters. The standard InChI is InChI=1S/C30H37N7O2/c1-4-23(19-35(3)5-2)33-29-27(28(31)38)32-18-26(34-29)36-16-6-9-25-24(36)8-7-17-37(25)30(39)22-14-12-21(13-15-22)20-10-11-20/h4-5,12-15,18-20,24-25H,1-2,6-11,16-17H2,3H3,(H2,31,38)(H,33,34)/b23-19+. The number of hydrogen-bond acceptors (Lipinski definition) is 7. The van der Waals surface area contributed by atoms with E-state index < -0.39 is 5.91 Å². The Balaban J connectivity index is 1.39. The molecule has 1 aromatic heterocycles. The van der Waals surface area contributed by atoms with E-state index in [1.165, 1.54) is 18.4 Å². The van der Waals surface area contributed by atoms with Crippen LogP contribution in [0.3, 0.4) is 0 Å². The SMILES string of the molecule is C=C/C(=C\N(C)C=C)Nc1nc(N2CCCC3C2CCCN3C(=O)c2ccc(C3CC3)cc2)cnc1C(N)=O. The Morgan fingerprint density at radius 2 is 1.79 bits per heavy atom. The minimum absolute atomic E-state index is 0.0522. The largest absolute Gasteiger partial charge is 0.364 e. The third-order valence-electron chi connectivity index (χ3n) is 7.91. The van der Waals surface area contributed by atoms with E-state index in [-0.39, 0.29) is 29.5 Å². The van der Waals surface area contributed by atoms with Crippen molar-refractivity contribution < 1.29 is 9.59 Å². The predicted octanol–water partition coefficient (Wildman–Crippen LogP) is 4.24. The summed E-state index contributed by atoms with van der Waals surface area (Å²) < 4.78 is 0. The van der Waals surface area contributed by atoms with Crippen LogP contribution in [0, 0.1) is 0 Å². The molecular weight excluding hydrogens is 490 g/mol. The Labute approximate surface area is 230 Å². The predicted molar refractivity (Wildman–Crippen MR) is 153 cm³/mol. The monoisotopic (exact) mass is 527 g/mol. The summed E-state index contributed by atoms with van der Waals surface area (Å²) in [5.74, 6) is 1.02. The fourth-order valence-electron chi connectivity index (χ4n) is 5.73. The average molecular weight is 528 g/mol. The molecule has 0 spiro atoms. The Kier molecular flexibility index (Phi) is 7.67. The lowest BCUT2D eigenvalue weighted by Crippen LogP contribution is -2.60. The molecule has 2 unspecified atom stereocenters. The molecule has 2 amide bonds. The van der Waals surface area contributed by atoms with Gasteiger partial charge in [-0.3, -0.25) is 9.59 Å². The second-order valence-electron chi connectivity index (χ2n) is 10.6. The molecule has 3 fully saturated rings. The first-order valence-corrected chi connectivity index (χ1v) is 13.7. The number of nitrogens with two attached hydrogens (primary N) is 1. The molecular formula is C30H37N7O2. The molecule has 2 saturated heterocycles. The van der Waals surface area contributed by atoms with Crippen molar-refractivity contribution >= 4 is 23.5 Å². The fraction of sp³-hybridized carbons (Fsp3) is 0.400. The lowest BCUT2D eigenvalue weighted by molar-refractivity contribution is 0.0524. The Bertz CT molecular complexity index is 1280. The molecule has 2 aliphatic heterocycles. The van der Waals surface area contributed by atoms with Gasteiger partial charge in [-0.2, -0.15) is 0 Å². The van der Waals surface area contributed by atoms with E-state index in [0.29, 0.717) is 17.4 Å². The molecule has 1 aromatic carbocycles. The number of carbonyl (C=O) groups excluding carboxylic acids is 2. The average Bonchev–Trinajstić information content (AvgIpc) is 3.81. The number of anilines is 2. The number of nitrogens with zero attached hydrogens (tertiary/aromatic N) is 5. The number of amides is 2. The summed E-state index contributed by atoms with van der Waals surface area (Å²) in [7, 11) is 1.83. The number of nitrogens with one attached hydrogen (secondary N) is 1. The van der Waals surface area contributed by atoms with E-state index in [1.54, 1.807) is 29.6 Å². The summed E-state index contributed by atoms with van der Waals surface area (Å²) in [6, 6.07) is 8.40. The molecule has 1 aliphatic carbocycles. The van der Waals surface area contributed by atoms with Crippen molar-refractivity contribution in [1.29, 1.82) is 0 Å².